The smallest absolute Gasteiger partial charge is 0.00461 e. The van der Waals surface area contributed by atoms with Crippen LogP contribution in [0.5, 0.6) is 0 Å². The zero-order chi connectivity index (χ0) is 6.27. The van der Waals surface area contributed by atoms with Gasteiger partial charge in [-0.25, -0.2) is 0 Å². The molecule has 2 saturated carbocycles. The van der Waals surface area contributed by atoms with Crippen LogP contribution in [0.4, 0.5) is 0 Å². The van der Waals surface area contributed by atoms with E-state index in [0.717, 1.165) is 24.3 Å². The highest BCUT2D eigenvalue weighted by atomic mass is 14.6. The molecule has 2 aliphatic carbocycles. The molecule has 52 valence electrons. The fraction of sp³-hybridized carbons (Fsp3) is 1.00. The standard InChI is InChI=1S/C8H15N/c9-5-8-4-7(8)3-6-1-2-6/h6-8H,1-5,9H2. The molecule has 2 rings (SSSR count). The Morgan fingerprint density at radius 3 is 2.44 bits per heavy atom. The van der Waals surface area contributed by atoms with Crippen LogP contribution in [-0.2, 0) is 0 Å². The van der Waals surface area contributed by atoms with E-state index in [1.165, 1.54) is 25.7 Å². The molecule has 1 nitrogen and oxygen atoms in total. The fourth-order valence-corrected chi connectivity index (χ4v) is 1.67. The number of nitrogens with two attached hydrogens (primary N) is 1. The van der Waals surface area contributed by atoms with Crippen molar-refractivity contribution in [1.82, 2.24) is 0 Å². The highest BCUT2D eigenvalue weighted by Crippen LogP contribution is 2.47. The third-order valence-corrected chi connectivity index (χ3v) is 2.70. The molecule has 0 amide bonds. The molecule has 2 atom stereocenters. The molecule has 2 N–H and O–H groups in total. The summed E-state index contributed by atoms with van der Waals surface area (Å²) in [5.41, 5.74) is 5.52. The van der Waals surface area contributed by atoms with E-state index in [4.69, 9.17) is 5.73 Å². The summed E-state index contributed by atoms with van der Waals surface area (Å²) in [6.45, 7) is 0.942. The highest BCUT2D eigenvalue weighted by molar-refractivity contribution is 4.91. The van der Waals surface area contributed by atoms with Crippen LogP contribution in [0, 0.1) is 17.8 Å². The molecule has 2 fully saturated rings. The summed E-state index contributed by atoms with van der Waals surface area (Å²) in [6.07, 6.45) is 5.95. The molecule has 2 aliphatic rings. The normalized spacial score (nSPS) is 41.0. The van der Waals surface area contributed by atoms with Crippen LogP contribution in [0.25, 0.3) is 0 Å². The molecule has 0 radical (unpaired) electrons. The topological polar surface area (TPSA) is 26.0 Å². The van der Waals surface area contributed by atoms with E-state index >= 15 is 0 Å². The van der Waals surface area contributed by atoms with Crippen molar-refractivity contribution in [3.05, 3.63) is 0 Å². The van der Waals surface area contributed by atoms with Gasteiger partial charge in [-0.2, -0.15) is 0 Å². The Hall–Kier alpha value is -0.0400. The molecule has 0 aliphatic heterocycles. The molecule has 0 aromatic heterocycles. The number of hydrogen-bond acceptors (Lipinski definition) is 1. The van der Waals surface area contributed by atoms with Gasteiger partial charge >= 0.3 is 0 Å². The first-order valence-corrected chi connectivity index (χ1v) is 4.10. The summed E-state index contributed by atoms with van der Waals surface area (Å²) < 4.78 is 0. The SMILES string of the molecule is NCC1CC1CC1CC1. The van der Waals surface area contributed by atoms with Crippen molar-refractivity contribution in [2.45, 2.75) is 25.7 Å². The number of hydrogen-bond donors (Lipinski definition) is 1. The van der Waals surface area contributed by atoms with E-state index < -0.39 is 0 Å². The van der Waals surface area contributed by atoms with E-state index in [-0.39, 0.29) is 0 Å². The lowest BCUT2D eigenvalue weighted by Crippen LogP contribution is -2.02. The Morgan fingerprint density at radius 1 is 1.22 bits per heavy atom. The van der Waals surface area contributed by atoms with Crippen LogP contribution in [0.3, 0.4) is 0 Å². The molecule has 9 heavy (non-hydrogen) atoms. The molecule has 0 heterocycles. The zero-order valence-corrected chi connectivity index (χ0v) is 5.84. The Labute approximate surface area is 56.6 Å². The molecule has 0 bridgehead atoms. The maximum Gasteiger partial charge on any atom is -0.00461 e. The number of rotatable bonds is 3. The van der Waals surface area contributed by atoms with Crippen molar-refractivity contribution in [3.63, 3.8) is 0 Å². The van der Waals surface area contributed by atoms with Crippen LogP contribution in [0.2, 0.25) is 0 Å². The summed E-state index contributed by atoms with van der Waals surface area (Å²) in [5.74, 6) is 3.08. The minimum Gasteiger partial charge on any atom is -0.330 e. The van der Waals surface area contributed by atoms with Crippen LogP contribution in [-0.4, -0.2) is 6.54 Å². The minimum atomic E-state index is 0.922. The van der Waals surface area contributed by atoms with E-state index in [2.05, 4.69) is 0 Å². The average Bonchev–Trinajstić information content (AvgIpc) is 2.66. The second kappa shape index (κ2) is 1.98. The lowest BCUT2D eigenvalue weighted by Gasteiger charge is -1.92. The predicted molar refractivity (Wildman–Crippen MR) is 38.0 cm³/mol. The summed E-state index contributed by atoms with van der Waals surface area (Å²) >= 11 is 0. The van der Waals surface area contributed by atoms with Gasteiger partial charge in [0.25, 0.3) is 0 Å². The second-order valence-corrected chi connectivity index (χ2v) is 3.67. The third kappa shape index (κ3) is 1.26. The fourth-order valence-electron chi connectivity index (χ4n) is 1.67. The largest absolute Gasteiger partial charge is 0.330 e. The van der Waals surface area contributed by atoms with Gasteiger partial charge in [-0.05, 0) is 37.1 Å². The van der Waals surface area contributed by atoms with Gasteiger partial charge in [0.15, 0.2) is 0 Å². The Kier molecular flexibility index (Phi) is 1.26. The highest BCUT2D eigenvalue weighted by Gasteiger charge is 2.39. The molecular formula is C8H15N. The Bertz CT molecular complexity index is 107. The summed E-state index contributed by atoms with van der Waals surface area (Å²) in [5, 5.41) is 0. The van der Waals surface area contributed by atoms with Crippen molar-refractivity contribution < 1.29 is 0 Å². The van der Waals surface area contributed by atoms with E-state index in [0.29, 0.717) is 0 Å². The molecule has 1 heteroatoms. The van der Waals surface area contributed by atoms with Crippen LogP contribution in [0.1, 0.15) is 25.7 Å². The zero-order valence-electron chi connectivity index (χ0n) is 5.84. The van der Waals surface area contributed by atoms with Gasteiger partial charge in [0.1, 0.15) is 0 Å². The lowest BCUT2D eigenvalue weighted by molar-refractivity contribution is 0.600. The van der Waals surface area contributed by atoms with Crippen LogP contribution in [0.15, 0.2) is 0 Å². The first-order chi connectivity index (χ1) is 4.40. The van der Waals surface area contributed by atoms with Gasteiger partial charge in [-0.3, -0.25) is 0 Å². The van der Waals surface area contributed by atoms with Gasteiger partial charge < -0.3 is 5.73 Å². The second-order valence-electron chi connectivity index (χ2n) is 3.67. The quantitative estimate of drug-likeness (QED) is 0.606. The maximum atomic E-state index is 5.52. The Balaban J connectivity index is 1.65. The van der Waals surface area contributed by atoms with Crippen molar-refractivity contribution in [3.8, 4) is 0 Å². The molecule has 0 aromatic rings. The van der Waals surface area contributed by atoms with E-state index in [9.17, 15) is 0 Å². The monoisotopic (exact) mass is 125 g/mol. The van der Waals surface area contributed by atoms with Gasteiger partial charge in [-0.1, -0.05) is 12.8 Å². The molecular weight excluding hydrogens is 110 g/mol. The van der Waals surface area contributed by atoms with Crippen LogP contribution >= 0.6 is 0 Å². The third-order valence-electron chi connectivity index (χ3n) is 2.70. The minimum absolute atomic E-state index is 0.922. The Morgan fingerprint density at radius 2 is 2.00 bits per heavy atom. The van der Waals surface area contributed by atoms with Crippen molar-refractivity contribution >= 4 is 0 Å². The summed E-state index contributed by atoms with van der Waals surface area (Å²) in [4.78, 5) is 0. The molecule has 2 unspecified atom stereocenters. The average molecular weight is 125 g/mol. The van der Waals surface area contributed by atoms with Crippen LogP contribution < -0.4 is 5.73 Å². The predicted octanol–water partition coefficient (Wildman–Crippen LogP) is 1.38. The molecule has 0 spiro atoms. The maximum absolute atomic E-state index is 5.52. The van der Waals surface area contributed by atoms with Gasteiger partial charge in [0.05, 0.1) is 0 Å². The van der Waals surface area contributed by atoms with E-state index in [1.54, 1.807) is 0 Å². The molecule has 0 aromatic carbocycles. The van der Waals surface area contributed by atoms with Gasteiger partial charge in [0, 0.05) is 0 Å². The molecule has 0 saturated heterocycles. The summed E-state index contributed by atoms with van der Waals surface area (Å²) in [6, 6.07) is 0. The lowest BCUT2D eigenvalue weighted by atomic mass is 10.2. The van der Waals surface area contributed by atoms with Gasteiger partial charge in [0.2, 0.25) is 0 Å². The van der Waals surface area contributed by atoms with E-state index in [1.807, 2.05) is 0 Å². The van der Waals surface area contributed by atoms with Gasteiger partial charge in [-0.15, -0.1) is 0 Å². The van der Waals surface area contributed by atoms with Crippen molar-refractivity contribution in [2.24, 2.45) is 23.5 Å². The van der Waals surface area contributed by atoms with Crippen molar-refractivity contribution in [1.29, 1.82) is 0 Å². The van der Waals surface area contributed by atoms with Crippen molar-refractivity contribution in [2.75, 3.05) is 6.54 Å². The first kappa shape index (κ1) is 5.72. The first-order valence-electron chi connectivity index (χ1n) is 4.10. The summed E-state index contributed by atoms with van der Waals surface area (Å²) in [7, 11) is 0.